The predicted molar refractivity (Wildman–Crippen MR) is 85.8 cm³/mol. The first-order chi connectivity index (χ1) is 11.4. The van der Waals surface area contributed by atoms with Crippen molar-refractivity contribution in [2.75, 3.05) is 11.9 Å². The number of nitrogens with zero attached hydrogens (tertiary/aromatic N) is 3. The molecular formula is C15H19FN6O2. The van der Waals surface area contributed by atoms with E-state index < -0.39 is 23.7 Å². The Labute approximate surface area is 138 Å². The van der Waals surface area contributed by atoms with Crippen LogP contribution in [0, 0.1) is 11.7 Å². The lowest BCUT2D eigenvalue weighted by Crippen LogP contribution is -2.46. The summed E-state index contributed by atoms with van der Waals surface area (Å²) in [7, 11) is 0. The zero-order chi connectivity index (χ0) is 17.7. The van der Waals surface area contributed by atoms with Crippen molar-refractivity contribution in [3.8, 4) is 5.69 Å². The van der Waals surface area contributed by atoms with Crippen molar-refractivity contribution < 1.29 is 14.0 Å². The topological polar surface area (TPSA) is 115 Å². The molecule has 0 bridgehead atoms. The maximum Gasteiger partial charge on any atom is 0.243 e. The van der Waals surface area contributed by atoms with E-state index in [-0.39, 0.29) is 23.8 Å². The zero-order valence-electron chi connectivity index (χ0n) is 13.4. The van der Waals surface area contributed by atoms with Crippen LogP contribution in [0.4, 0.5) is 10.1 Å². The van der Waals surface area contributed by atoms with Crippen molar-refractivity contribution in [1.29, 1.82) is 0 Å². The van der Waals surface area contributed by atoms with Crippen LogP contribution in [0.3, 0.4) is 0 Å². The monoisotopic (exact) mass is 334 g/mol. The fourth-order valence-corrected chi connectivity index (χ4v) is 1.90. The Bertz CT molecular complexity index is 717. The number of rotatable bonds is 6. The molecule has 0 aliphatic carbocycles. The minimum Gasteiger partial charge on any atom is -0.346 e. The molecule has 0 saturated carbocycles. The van der Waals surface area contributed by atoms with E-state index in [1.54, 1.807) is 0 Å². The van der Waals surface area contributed by atoms with Crippen LogP contribution in [0.15, 0.2) is 30.9 Å². The molecular weight excluding hydrogens is 315 g/mol. The summed E-state index contributed by atoms with van der Waals surface area (Å²) >= 11 is 0. The van der Waals surface area contributed by atoms with Crippen LogP contribution in [0.5, 0.6) is 0 Å². The highest BCUT2D eigenvalue weighted by atomic mass is 19.1. The highest BCUT2D eigenvalue weighted by molar-refractivity contribution is 5.95. The third kappa shape index (κ3) is 4.35. The first kappa shape index (κ1) is 17.5. The van der Waals surface area contributed by atoms with Crippen molar-refractivity contribution >= 4 is 17.5 Å². The van der Waals surface area contributed by atoms with Gasteiger partial charge in [-0.05, 0) is 24.1 Å². The summed E-state index contributed by atoms with van der Waals surface area (Å²) in [5.41, 5.74) is 6.15. The number of anilines is 1. The van der Waals surface area contributed by atoms with Gasteiger partial charge in [-0.1, -0.05) is 13.8 Å². The van der Waals surface area contributed by atoms with Gasteiger partial charge in [-0.2, -0.15) is 5.10 Å². The van der Waals surface area contributed by atoms with Crippen LogP contribution in [0.2, 0.25) is 0 Å². The molecule has 8 nitrogen and oxygen atoms in total. The van der Waals surface area contributed by atoms with E-state index in [2.05, 4.69) is 20.7 Å². The summed E-state index contributed by atoms with van der Waals surface area (Å²) in [4.78, 5) is 27.2. The molecule has 0 unspecified atom stereocenters. The lowest BCUT2D eigenvalue weighted by Gasteiger charge is -2.15. The summed E-state index contributed by atoms with van der Waals surface area (Å²) in [6.45, 7) is 3.37. The van der Waals surface area contributed by atoms with Gasteiger partial charge in [0.1, 0.15) is 18.3 Å². The number of aromatic nitrogens is 3. The minimum absolute atomic E-state index is 0.0357. The number of amides is 2. The van der Waals surface area contributed by atoms with Crippen molar-refractivity contribution in [1.82, 2.24) is 20.1 Å². The van der Waals surface area contributed by atoms with Crippen LogP contribution in [0.25, 0.3) is 5.69 Å². The summed E-state index contributed by atoms with van der Waals surface area (Å²) in [6, 6.07) is 3.47. The Balaban J connectivity index is 1.93. The van der Waals surface area contributed by atoms with Crippen LogP contribution in [0.1, 0.15) is 13.8 Å². The van der Waals surface area contributed by atoms with Gasteiger partial charge in [-0.25, -0.2) is 14.1 Å². The molecule has 1 aromatic carbocycles. The van der Waals surface area contributed by atoms with Gasteiger partial charge >= 0.3 is 0 Å². The summed E-state index contributed by atoms with van der Waals surface area (Å²) in [5.74, 6) is -1.49. The van der Waals surface area contributed by atoms with Crippen LogP contribution in [-0.4, -0.2) is 39.2 Å². The normalized spacial score (nSPS) is 12.0. The fraction of sp³-hybridized carbons (Fsp3) is 0.333. The number of nitrogens with two attached hydrogens (primary N) is 1. The SMILES string of the molecule is CC(C)[C@H](N)C(=O)NCC(=O)Nc1ccc(-n2cncn2)c(F)c1. The van der Waals surface area contributed by atoms with E-state index in [0.29, 0.717) is 0 Å². The van der Waals surface area contributed by atoms with Crippen LogP contribution in [-0.2, 0) is 9.59 Å². The molecule has 0 spiro atoms. The first-order valence-corrected chi connectivity index (χ1v) is 7.36. The number of hydrogen-bond donors (Lipinski definition) is 3. The highest BCUT2D eigenvalue weighted by Crippen LogP contribution is 2.17. The predicted octanol–water partition coefficient (Wildman–Crippen LogP) is 0.444. The Morgan fingerprint density at radius 3 is 2.71 bits per heavy atom. The van der Waals surface area contributed by atoms with Crippen LogP contribution < -0.4 is 16.4 Å². The molecule has 0 saturated heterocycles. The molecule has 9 heteroatoms. The van der Waals surface area contributed by atoms with Gasteiger partial charge in [0.05, 0.1) is 12.6 Å². The van der Waals surface area contributed by atoms with Gasteiger partial charge in [0.25, 0.3) is 0 Å². The Morgan fingerprint density at radius 2 is 2.12 bits per heavy atom. The summed E-state index contributed by atoms with van der Waals surface area (Å²) < 4.78 is 15.3. The van der Waals surface area contributed by atoms with Crippen molar-refractivity contribution in [3.63, 3.8) is 0 Å². The largest absolute Gasteiger partial charge is 0.346 e. The number of carbonyl (C=O) groups excluding carboxylic acids is 2. The number of carbonyl (C=O) groups is 2. The van der Waals surface area contributed by atoms with Gasteiger partial charge in [0, 0.05) is 5.69 Å². The maximum absolute atomic E-state index is 14.0. The number of nitrogens with one attached hydrogen (secondary N) is 2. The third-order valence-corrected chi connectivity index (χ3v) is 3.34. The van der Waals surface area contributed by atoms with Gasteiger partial charge < -0.3 is 16.4 Å². The molecule has 0 aliphatic rings. The van der Waals surface area contributed by atoms with Gasteiger partial charge in [-0.15, -0.1) is 0 Å². The van der Waals surface area contributed by atoms with Gasteiger partial charge in [0.2, 0.25) is 11.8 Å². The summed E-state index contributed by atoms with van der Waals surface area (Å²) in [6.07, 6.45) is 2.66. The lowest BCUT2D eigenvalue weighted by molar-refractivity contribution is -0.125. The molecule has 0 aliphatic heterocycles. The third-order valence-electron chi connectivity index (χ3n) is 3.34. The van der Waals surface area contributed by atoms with E-state index in [0.717, 1.165) is 6.07 Å². The molecule has 1 aromatic heterocycles. The van der Waals surface area contributed by atoms with E-state index in [1.807, 2.05) is 13.8 Å². The molecule has 2 aromatic rings. The molecule has 4 N–H and O–H groups in total. The lowest BCUT2D eigenvalue weighted by atomic mass is 10.1. The molecule has 2 rings (SSSR count). The molecule has 0 radical (unpaired) electrons. The molecule has 24 heavy (non-hydrogen) atoms. The number of benzene rings is 1. The summed E-state index contributed by atoms with van der Waals surface area (Å²) in [5, 5.41) is 8.78. The molecule has 0 fully saturated rings. The van der Waals surface area contributed by atoms with E-state index in [1.165, 1.54) is 29.5 Å². The number of halogens is 1. The van der Waals surface area contributed by atoms with Crippen molar-refractivity contribution in [2.45, 2.75) is 19.9 Å². The smallest absolute Gasteiger partial charge is 0.243 e. The quantitative estimate of drug-likeness (QED) is 0.709. The average Bonchev–Trinajstić information content (AvgIpc) is 3.06. The molecule has 2 amide bonds. The molecule has 1 heterocycles. The number of hydrogen-bond acceptors (Lipinski definition) is 5. The Hall–Kier alpha value is -2.81. The zero-order valence-corrected chi connectivity index (χ0v) is 13.4. The highest BCUT2D eigenvalue weighted by Gasteiger charge is 2.17. The Kier molecular flexibility index (Phi) is 5.59. The van der Waals surface area contributed by atoms with Gasteiger partial charge in [-0.3, -0.25) is 9.59 Å². The standard InChI is InChI=1S/C15H19FN6O2/c1-9(2)14(17)15(24)19-6-13(23)21-10-3-4-12(11(16)5-10)22-8-18-7-20-22/h3-5,7-9,14H,6,17H2,1-2H3,(H,19,24)(H,21,23)/t14-/m0/s1. The van der Waals surface area contributed by atoms with Crippen molar-refractivity contribution in [3.05, 3.63) is 36.7 Å². The van der Waals surface area contributed by atoms with E-state index >= 15 is 0 Å². The Morgan fingerprint density at radius 1 is 1.38 bits per heavy atom. The fourth-order valence-electron chi connectivity index (χ4n) is 1.90. The minimum atomic E-state index is -0.683. The molecule has 1 atom stereocenters. The average molecular weight is 334 g/mol. The van der Waals surface area contributed by atoms with Crippen molar-refractivity contribution in [2.24, 2.45) is 11.7 Å². The molecule has 128 valence electrons. The second kappa shape index (κ2) is 7.64. The van der Waals surface area contributed by atoms with E-state index in [9.17, 15) is 14.0 Å². The van der Waals surface area contributed by atoms with Gasteiger partial charge in [0.15, 0.2) is 5.82 Å². The first-order valence-electron chi connectivity index (χ1n) is 7.36. The second-order valence-corrected chi connectivity index (χ2v) is 5.54. The second-order valence-electron chi connectivity index (χ2n) is 5.54. The van der Waals surface area contributed by atoms with E-state index in [4.69, 9.17) is 5.73 Å². The maximum atomic E-state index is 14.0. The van der Waals surface area contributed by atoms with Crippen LogP contribution >= 0.6 is 0 Å².